The summed E-state index contributed by atoms with van der Waals surface area (Å²) in [6.45, 7) is 0. The van der Waals surface area contributed by atoms with E-state index in [1.54, 1.807) is 7.11 Å². The van der Waals surface area contributed by atoms with Crippen LogP contribution >= 0.6 is 11.3 Å². The van der Waals surface area contributed by atoms with Crippen LogP contribution in [-0.2, 0) is 4.74 Å². The molecule has 0 radical (unpaired) electrons. The van der Waals surface area contributed by atoms with E-state index in [-0.39, 0.29) is 0 Å². The van der Waals surface area contributed by atoms with Gasteiger partial charge in [0.25, 0.3) is 0 Å². The third kappa shape index (κ3) is 3.10. The molecule has 0 N–H and O–H groups in total. The average Bonchev–Trinajstić information content (AvgIpc) is 3.07. The molecular weight excluding hydrogens is 310 g/mol. The van der Waals surface area contributed by atoms with Crippen LogP contribution < -0.4 is 4.74 Å². The standard InChI is InChI=1S/C18H15NO3S/c1-21-14-10-8-13(9-11-14)17-19-15(18(20)22-2)16(23-17)12-6-4-3-5-7-12/h3-11H,1-2H3. The first-order valence-corrected chi connectivity index (χ1v) is 7.83. The van der Waals surface area contributed by atoms with Crippen molar-refractivity contribution in [2.24, 2.45) is 0 Å². The number of nitrogens with zero attached hydrogens (tertiary/aromatic N) is 1. The molecule has 5 heteroatoms. The van der Waals surface area contributed by atoms with E-state index in [1.165, 1.54) is 18.4 Å². The zero-order valence-corrected chi connectivity index (χ0v) is 13.6. The first-order chi connectivity index (χ1) is 11.2. The Morgan fingerprint density at radius 1 is 0.957 bits per heavy atom. The van der Waals surface area contributed by atoms with Crippen molar-refractivity contribution in [1.82, 2.24) is 4.98 Å². The molecule has 0 amide bonds. The van der Waals surface area contributed by atoms with E-state index in [4.69, 9.17) is 9.47 Å². The molecule has 0 aliphatic rings. The Balaban J connectivity index is 2.09. The van der Waals surface area contributed by atoms with Gasteiger partial charge in [-0.3, -0.25) is 0 Å². The van der Waals surface area contributed by atoms with E-state index in [0.717, 1.165) is 26.8 Å². The fraction of sp³-hybridized carbons (Fsp3) is 0.111. The molecule has 3 aromatic rings. The van der Waals surface area contributed by atoms with Crippen LogP contribution in [0.25, 0.3) is 21.0 Å². The summed E-state index contributed by atoms with van der Waals surface area (Å²) in [6.07, 6.45) is 0. The highest BCUT2D eigenvalue weighted by Crippen LogP contribution is 2.36. The van der Waals surface area contributed by atoms with Gasteiger partial charge in [0.15, 0.2) is 5.69 Å². The second-order valence-electron chi connectivity index (χ2n) is 4.78. The van der Waals surface area contributed by atoms with Gasteiger partial charge in [-0.25, -0.2) is 9.78 Å². The van der Waals surface area contributed by atoms with Gasteiger partial charge in [-0.2, -0.15) is 0 Å². The monoisotopic (exact) mass is 325 g/mol. The zero-order chi connectivity index (χ0) is 16.2. The van der Waals surface area contributed by atoms with E-state index < -0.39 is 5.97 Å². The molecule has 0 fully saturated rings. The Morgan fingerprint density at radius 2 is 1.65 bits per heavy atom. The maximum absolute atomic E-state index is 12.1. The number of carbonyl (C=O) groups excluding carboxylic acids is 1. The number of aromatic nitrogens is 1. The maximum atomic E-state index is 12.1. The quantitative estimate of drug-likeness (QED) is 0.672. The summed E-state index contributed by atoms with van der Waals surface area (Å²) < 4.78 is 10.0. The zero-order valence-electron chi connectivity index (χ0n) is 12.8. The summed E-state index contributed by atoms with van der Waals surface area (Å²) >= 11 is 1.47. The minimum Gasteiger partial charge on any atom is -0.497 e. The number of thiazole rings is 1. The van der Waals surface area contributed by atoms with Gasteiger partial charge >= 0.3 is 5.97 Å². The van der Waals surface area contributed by atoms with Gasteiger partial charge in [-0.15, -0.1) is 11.3 Å². The molecule has 4 nitrogen and oxygen atoms in total. The lowest BCUT2D eigenvalue weighted by molar-refractivity contribution is 0.0596. The minimum atomic E-state index is -0.431. The van der Waals surface area contributed by atoms with Crippen molar-refractivity contribution < 1.29 is 14.3 Å². The lowest BCUT2D eigenvalue weighted by Crippen LogP contribution is -2.03. The number of hydrogen-bond acceptors (Lipinski definition) is 5. The number of benzene rings is 2. The van der Waals surface area contributed by atoms with Gasteiger partial charge in [0, 0.05) is 5.56 Å². The highest BCUT2D eigenvalue weighted by atomic mass is 32.1. The number of methoxy groups -OCH3 is 2. The summed E-state index contributed by atoms with van der Waals surface area (Å²) in [5, 5.41) is 0.770. The molecule has 2 aromatic carbocycles. The van der Waals surface area contributed by atoms with Gasteiger partial charge < -0.3 is 9.47 Å². The predicted molar refractivity (Wildman–Crippen MR) is 90.9 cm³/mol. The van der Waals surface area contributed by atoms with Crippen LogP contribution in [0.2, 0.25) is 0 Å². The predicted octanol–water partition coefficient (Wildman–Crippen LogP) is 4.27. The lowest BCUT2D eigenvalue weighted by atomic mass is 10.1. The molecular formula is C18H15NO3S. The van der Waals surface area contributed by atoms with Gasteiger partial charge in [0.05, 0.1) is 19.1 Å². The van der Waals surface area contributed by atoms with Gasteiger partial charge in [0.2, 0.25) is 0 Å². The van der Waals surface area contributed by atoms with E-state index in [9.17, 15) is 4.79 Å². The molecule has 116 valence electrons. The fourth-order valence-corrected chi connectivity index (χ4v) is 3.26. The van der Waals surface area contributed by atoms with Crippen LogP contribution in [0.3, 0.4) is 0 Å². The highest BCUT2D eigenvalue weighted by molar-refractivity contribution is 7.18. The van der Waals surface area contributed by atoms with Gasteiger partial charge in [-0.1, -0.05) is 30.3 Å². The SMILES string of the molecule is COC(=O)c1nc(-c2ccc(OC)cc2)sc1-c1ccccc1. The van der Waals surface area contributed by atoms with Crippen molar-refractivity contribution in [2.75, 3.05) is 14.2 Å². The molecule has 0 aliphatic heterocycles. The van der Waals surface area contributed by atoms with Crippen LogP contribution in [0.15, 0.2) is 54.6 Å². The van der Waals surface area contributed by atoms with Crippen molar-refractivity contribution in [3.8, 4) is 26.8 Å². The number of ether oxygens (including phenoxy) is 2. The Labute approximate surface area is 138 Å². The fourth-order valence-electron chi connectivity index (χ4n) is 2.20. The Morgan fingerprint density at radius 3 is 2.26 bits per heavy atom. The Bertz CT molecular complexity index is 810. The lowest BCUT2D eigenvalue weighted by Gasteiger charge is -2.00. The van der Waals surface area contributed by atoms with Crippen molar-refractivity contribution in [2.45, 2.75) is 0 Å². The normalized spacial score (nSPS) is 10.3. The molecule has 0 saturated carbocycles. The highest BCUT2D eigenvalue weighted by Gasteiger charge is 2.20. The van der Waals surface area contributed by atoms with Crippen LogP contribution in [0, 0.1) is 0 Å². The van der Waals surface area contributed by atoms with Crippen LogP contribution in [0.5, 0.6) is 5.75 Å². The first kappa shape index (κ1) is 15.2. The van der Waals surface area contributed by atoms with E-state index in [2.05, 4.69) is 4.98 Å². The van der Waals surface area contributed by atoms with Crippen LogP contribution in [-0.4, -0.2) is 25.2 Å². The van der Waals surface area contributed by atoms with Gasteiger partial charge in [0.1, 0.15) is 10.8 Å². The molecule has 0 bridgehead atoms. The Hall–Kier alpha value is -2.66. The largest absolute Gasteiger partial charge is 0.497 e. The summed E-state index contributed by atoms with van der Waals surface area (Å²) in [5.41, 5.74) is 2.22. The molecule has 3 rings (SSSR count). The molecule has 0 spiro atoms. The van der Waals surface area contributed by atoms with Crippen molar-refractivity contribution >= 4 is 17.3 Å². The maximum Gasteiger partial charge on any atom is 0.358 e. The summed E-state index contributed by atoms with van der Waals surface area (Å²) in [6, 6.07) is 17.3. The second-order valence-corrected chi connectivity index (χ2v) is 5.78. The van der Waals surface area contributed by atoms with Crippen LogP contribution in [0.4, 0.5) is 0 Å². The Kier molecular flexibility index (Phi) is 4.39. The summed E-state index contributed by atoms with van der Waals surface area (Å²) in [5.74, 6) is 0.349. The first-order valence-electron chi connectivity index (χ1n) is 7.02. The van der Waals surface area contributed by atoms with E-state index in [0.29, 0.717) is 5.69 Å². The number of carbonyl (C=O) groups is 1. The molecule has 0 aliphatic carbocycles. The second kappa shape index (κ2) is 6.62. The molecule has 1 aromatic heterocycles. The smallest absolute Gasteiger partial charge is 0.358 e. The topological polar surface area (TPSA) is 48.4 Å². The molecule has 1 heterocycles. The molecule has 0 unspecified atom stereocenters. The van der Waals surface area contributed by atoms with Crippen molar-refractivity contribution in [3.63, 3.8) is 0 Å². The van der Waals surface area contributed by atoms with E-state index in [1.807, 2.05) is 54.6 Å². The third-order valence-corrected chi connectivity index (χ3v) is 4.53. The molecule has 0 atom stereocenters. The molecule has 0 saturated heterocycles. The minimum absolute atomic E-state index is 0.342. The van der Waals surface area contributed by atoms with Gasteiger partial charge in [-0.05, 0) is 29.8 Å². The van der Waals surface area contributed by atoms with Crippen molar-refractivity contribution in [3.05, 3.63) is 60.3 Å². The van der Waals surface area contributed by atoms with Crippen molar-refractivity contribution in [1.29, 1.82) is 0 Å². The summed E-state index contributed by atoms with van der Waals surface area (Å²) in [7, 11) is 2.99. The third-order valence-electron chi connectivity index (χ3n) is 3.38. The average molecular weight is 325 g/mol. The molecule has 23 heavy (non-hydrogen) atoms. The van der Waals surface area contributed by atoms with E-state index >= 15 is 0 Å². The number of rotatable bonds is 4. The summed E-state index contributed by atoms with van der Waals surface area (Å²) in [4.78, 5) is 17.3. The number of hydrogen-bond donors (Lipinski definition) is 0. The number of esters is 1. The van der Waals surface area contributed by atoms with Crippen LogP contribution in [0.1, 0.15) is 10.5 Å².